The van der Waals surface area contributed by atoms with Crippen molar-refractivity contribution >= 4 is 0 Å². The van der Waals surface area contributed by atoms with Crippen molar-refractivity contribution in [2.75, 3.05) is 0 Å². The van der Waals surface area contributed by atoms with Crippen molar-refractivity contribution in [1.29, 1.82) is 0 Å². The molecule has 0 aliphatic heterocycles. The van der Waals surface area contributed by atoms with Crippen molar-refractivity contribution in [2.45, 2.75) is 39.5 Å². The average molecular weight is 162 g/mol. The summed E-state index contributed by atoms with van der Waals surface area (Å²) < 4.78 is 24.8. The van der Waals surface area contributed by atoms with Gasteiger partial charge >= 0.3 is 0 Å². The highest BCUT2D eigenvalue weighted by Crippen LogP contribution is 2.65. The molecule has 0 nitrogen and oxygen atoms in total. The van der Waals surface area contributed by atoms with Crippen LogP contribution >= 0.6 is 0 Å². The van der Waals surface area contributed by atoms with E-state index in [0.717, 1.165) is 12.8 Å². The second-order valence-corrected chi connectivity index (χ2v) is 3.46. The summed E-state index contributed by atoms with van der Waals surface area (Å²) in [6, 6.07) is 0. The third-order valence-electron chi connectivity index (χ3n) is 2.68. The Morgan fingerprint density at radius 3 is 1.73 bits per heavy atom. The van der Waals surface area contributed by atoms with E-state index in [4.69, 9.17) is 0 Å². The molecule has 0 amide bonds. The fraction of sp³-hybridized carbons (Fsp3) is 1.00. The molecule has 0 saturated heterocycles. The maximum atomic E-state index is 12.4. The molecule has 2 atom stereocenters. The summed E-state index contributed by atoms with van der Waals surface area (Å²) in [7, 11) is 0. The largest absolute Gasteiger partial charge is 0.254 e. The minimum absolute atomic E-state index is 0.229. The zero-order valence-electron chi connectivity index (χ0n) is 7.40. The van der Waals surface area contributed by atoms with Gasteiger partial charge in [-0.15, -0.1) is 0 Å². The Hall–Kier alpha value is -0.140. The van der Waals surface area contributed by atoms with Crippen molar-refractivity contribution in [3.05, 3.63) is 0 Å². The van der Waals surface area contributed by atoms with Gasteiger partial charge in [0.25, 0.3) is 5.92 Å². The average Bonchev–Trinajstić information content (AvgIpc) is 2.34. The molecule has 2 rings (SSSR count). The maximum Gasteiger partial charge on any atom is 0.254 e. The molecule has 0 radical (unpaired) electrons. The van der Waals surface area contributed by atoms with Crippen molar-refractivity contribution in [1.82, 2.24) is 0 Å². The van der Waals surface area contributed by atoms with E-state index in [1.165, 1.54) is 0 Å². The highest BCUT2D eigenvalue weighted by Gasteiger charge is 2.70. The van der Waals surface area contributed by atoms with Crippen LogP contribution in [-0.4, -0.2) is 5.92 Å². The number of hydrogen-bond acceptors (Lipinski definition) is 0. The Balaban J connectivity index is 0.000000281. The van der Waals surface area contributed by atoms with Gasteiger partial charge in [0.2, 0.25) is 0 Å². The van der Waals surface area contributed by atoms with E-state index in [1.807, 2.05) is 13.8 Å². The Morgan fingerprint density at radius 2 is 1.45 bits per heavy atom. The van der Waals surface area contributed by atoms with Gasteiger partial charge in [-0.3, -0.25) is 0 Å². The minimum atomic E-state index is -2.26. The van der Waals surface area contributed by atoms with Gasteiger partial charge in [0.1, 0.15) is 0 Å². The first-order valence-electron chi connectivity index (χ1n) is 4.50. The molecule has 0 bridgehead atoms. The van der Waals surface area contributed by atoms with Crippen LogP contribution in [0.15, 0.2) is 0 Å². The van der Waals surface area contributed by atoms with Crippen LogP contribution in [-0.2, 0) is 0 Å². The summed E-state index contributed by atoms with van der Waals surface area (Å²) in [5.41, 5.74) is 0. The maximum absolute atomic E-state index is 12.4. The minimum Gasteiger partial charge on any atom is -0.206 e. The summed E-state index contributed by atoms with van der Waals surface area (Å²) in [5, 5.41) is 0. The number of fused-ring (bicyclic) bond motifs is 1. The molecule has 2 heteroatoms. The van der Waals surface area contributed by atoms with Crippen molar-refractivity contribution < 1.29 is 8.78 Å². The topological polar surface area (TPSA) is 0 Å². The number of alkyl halides is 2. The zero-order chi connectivity index (χ0) is 8.65. The first-order valence-corrected chi connectivity index (χ1v) is 4.50. The Bertz CT molecular complexity index is 128. The molecule has 0 aromatic carbocycles. The number of rotatable bonds is 0. The standard InChI is InChI=1S/C7H10F2.C2H6/c1-4-2-5-6(3-4)7(5,8)9;1-2/h4-6H,2-3H2,1H3;1-2H3. The molecule has 0 N–H and O–H groups in total. The van der Waals surface area contributed by atoms with E-state index in [0.29, 0.717) is 5.92 Å². The highest BCUT2D eigenvalue weighted by atomic mass is 19.3. The van der Waals surface area contributed by atoms with E-state index in [-0.39, 0.29) is 11.8 Å². The molecule has 0 aromatic rings. The van der Waals surface area contributed by atoms with Gasteiger partial charge in [-0.25, -0.2) is 8.78 Å². The SMILES string of the molecule is CC.CC1CC2C(C1)C2(F)F. The molecule has 0 aromatic heterocycles. The monoisotopic (exact) mass is 162 g/mol. The fourth-order valence-corrected chi connectivity index (χ4v) is 2.07. The predicted octanol–water partition coefficient (Wildman–Crippen LogP) is 3.32. The fourth-order valence-electron chi connectivity index (χ4n) is 2.07. The Labute approximate surface area is 67.0 Å². The third-order valence-corrected chi connectivity index (χ3v) is 2.68. The molecule has 2 aliphatic rings. The molecule has 0 spiro atoms. The van der Waals surface area contributed by atoms with Crippen LogP contribution < -0.4 is 0 Å². The van der Waals surface area contributed by atoms with Crippen LogP contribution in [0.5, 0.6) is 0 Å². The predicted molar refractivity (Wildman–Crippen MR) is 41.7 cm³/mol. The quantitative estimate of drug-likeness (QED) is 0.512. The molecule has 2 unspecified atom stereocenters. The molecular formula is C9H16F2. The van der Waals surface area contributed by atoms with Gasteiger partial charge in [0.15, 0.2) is 0 Å². The van der Waals surface area contributed by atoms with Gasteiger partial charge < -0.3 is 0 Å². The van der Waals surface area contributed by atoms with E-state index >= 15 is 0 Å². The summed E-state index contributed by atoms with van der Waals surface area (Å²) in [5.74, 6) is -2.16. The molecule has 2 aliphatic carbocycles. The van der Waals surface area contributed by atoms with Crippen LogP contribution in [0.25, 0.3) is 0 Å². The van der Waals surface area contributed by atoms with Crippen LogP contribution in [0, 0.1) is 17.8 Å². The van der Waals surface area contributed by atoms with E-state index in [1.54, 1.807) is 0 Å². The molecular weight excluding hydrogens is 146 g/mol. The van der Waals surface area contributed by atoms with Gasteiger partial charge in [-0.05, 0) is 18.8 Å². The molecule has 2 saturated carbocycles. The molecule has 2 fully saturated rings. The first-order chi connectivity index (χ1) is 5.12. The first kappa shape index (κ1) is 8.95. The lowest BCUT2D eigenvalue weighted by Crippen LogP contribution is -2.04. The lowest BCUT2D eigenvalue weighted by Gasteiger charge is -2.05. The van der Waals surface area contributed by atoms with Crippen molar-refractivity contribution in [3.8, 4) is 0 Å². The van der Waals surface area contributed by atoms with E-state index in [2.05, 4.69) is 6.92 Å². The third kappa shape index (κ3) is 1.27. The number of hydrogen-bond donors (Lipinski definition) is 0. The lowest BCUT2D eigenvalue weighted by atomic mass is 10.1. The van der Waals surface area contributed by atoms with Gasteiger partial charge in [0, 0.05) is 11.8 Å². The van der Waals surface area contributed by atoms with E-state index in [9.17, 15) is 8.78 Å². The van der Waals surface area contributed by atoms with Crippen molar-refractivity contribution in [3.63, 3.8) is 0 Å². The van der Waals surface area contributed by atoms with Gasteiger partial charge in [-0.2, -0.15) is 0 Å². The summed E-state index contributed by atoms with van der Waals surface area (Å²) >= 11 is 0. The van der Waals surface area contributed by atoms with Crippen LogP contribution in [0.4, 0.5) is 8.78 Å². The van der Waals surface area contributed by atoms with Crippen molar-refractivity contribution in [2.24, 2.45) is 17.8 Å². The second kappa shape index (κ2) is 2.72. The summed E-state index contributed by atoms with van der Waals surface area (Å²) in [6.45, 7) is 6.06. The Kier molecular flexibility index (Phi) is 2.22. The van der Waals surface area contributed by atoms with Gasteiger partial charge in [0.05, 0.1) is 0 Å². The smallest absolute Gasteiger partial charge is 0.206 e. The lowest BCUT2D eigenvalue weighted by molar-refractivity contribution is 0.0654. The zero-order valence-corrected chi connectivity index (χ0v) is 7.40. The second-order valence-electron chi connectivity index (χ2n) is 3.46. The molecule has 66 valence electrons. The normalized spacial score (nSPS) is 43.9. The Morgan fingerprint density at radius 1 is 1.09 bits per heavy atom. The van der Waals surface area contributed by atoms with Gasteiger partial charge in [-0.1, -0.05) is 20.8 Å². The molecule has 11 heavy (non-hydrogen) atoms. The van der Waals surface area contributed by atoms with Crippen LogP contribution in [0.1, 0.15) is 33.6 Å². The highest BCUT2D eigenvalue weighted by molar-refractivity contribution is 5.10. The molecule has 0 heterocycles. The summed E-state index contributed by atoms with van der Waals surface area (Å²) in [6.07, 6.45) is 1.52. The summed E-state index contributed by atoms with van der Waals surface area (Å²) in [4.78, 5) is 0. The van der Waals surface area contributed by atoms with Crippen LogP contribution in [0.3, 0.4) is 0 Å². The van der Waals surface area contributed by atoms with Crippen LogP contribution in [0.2, 0.25) is 0 Å². The number of halogens is 2. The van der Waals surface area contributed by atoms with E-state index < -0.39 is 5.92 Å².